The van der Waals surface area contributed by atoms with E-state index >= 15 is 0 Å². The molecule has 17 heavy (non-hydrogen) atoms. The van der Waals surface area contributed by atoms with Gasteiger partial charge in [0.1, 0.15) is 0 Å². The average Bonchev–Trinajstić information content (AvgIpc) is 2.90. The lowest BCUT2D eigenvalue weighted by Crippen LogP contribution is -2.44. The number of carbonyl (C=O) groups excluding carboxylic acids is 1. The summed E-state index contributed by atoms with van der Waals surface area (Å²) in [6.45, 7) is 4.56. The van der Waals surface area contributed by atoms with Crippen molar-refractivity contribution in [3.63, 3.8) is 0 Å². The summed E-state index contributed by atoms with van der Waals surface area (Å²) in [5, 5.41) is 2.93. The van der Waals surface area contributed by atoms with Crippen LogP contribution in [0.4, 0.5) is 4.79 Å². The molecule has 0 aliphatic carbocycles. The number of hydrogen-bond acceptors (Lipinski definition) is 1. The molecule has 0 radical (unpaired) electrons. The van der Waals surface area contributed by atoms with Crippen LogP contribution in [0.15, 0.2) is 24.5 Å². The Bertz CT molecular complexity index is 340. The molecule has 1 aliphatic heterocycles. The van der Waals surface area contributed by atoms with Gasteiger partial charge in [0.25, 0.3) is 0 Å². The van der Waals surface area contributed by atoms with Gasteiger partial charge in [0, 0.05) is 38.1 Å². The summed E-state index contributed by atoms with van der Waals surface area (Å²) in [7, 11) is 0. The van der Waals surface area contributed by atoms with Gasteiger partial charge in [-0.3, -0.25) is 0 Å². The van der Waals surface area contributed by atoms with E-state index < -0.39 is 0 Å². The second-order valence-corrected chi connectivity index (χ2v) is 4.58. The van der Waals surface area contributed by atoms with Crippen LogP contribution in [0.25, 0.3) is 0 Å². The van der Waals surface area contributed by atoms with Gasteiger partial charge in [0.05, 0.1) is 0 Å². The second kappa shape index (κ2) is 5.75. The lowest BCUT2D eigenvalue weighted by Gasteiger charge is -2.32. The molecule has 94 valence electrons. The molecule has 1 aliphatic rings. The molecule has 1 aromatic rings. The summed E-state index contributed by atoms with van der Waals surface area (Å²) in [5.41, 5.74) is 0. The van der Waals surface area contributed by atoms with Crippen LogP contribution in [-0.4, -0.2) is 35.1 Å². The number of rotatable bonds is 3. The fourth-order valence-corrected chi connectivity index (χ4v) is 2.30. The van der Waals surface area contributed by atoms with Gasteiger partial charge in [-0.15, -0.1) is 0 Å². The Balaban J connectivity index is 1.80. The van der Waals surface area contributed by atoms with Crippen LogP contribution in [0.2, 0.25) is 0 Å². The number of aromatic nitrogens is 1. The van der Waals surface area contributed by atoms with Gasteiger partial charge in [-0.1, -0.05) is 6.92 Å². The van der Waals surface area contributed by atoms with Crippen molar-refractivity contribution >= 4 is 6.03 Å². The Morgan fingerprint density at radius 3 is 2.53 bits per heavy atom. The van der Waals surface area contributed by atoms with E-state index in [1.54, 1.807) is 0 Å². The predicted octanol–water partition coefficient (Wildman–Crippen LogP) is 2.24. The van der Waals surface area contributed by atoms with Crippen LogP contribution in [0.3, 0.4) is 0 Å². The monoisotopic (exact) mass is 235 g/mol. The van der Waals surface area contributed by atoms with Crippen LogP contribution < -0.4 is 5.32 Å². The van der Waals surface area contributed by atoms with Crippen LogP contribution in [0, 0.1) is 0 Å². The topological polar surface area (TPSA) is 37.3 Å². The molecule has 4 nitrogen and oxygen atoms in total. The van der Waals surface area contributed by atoms with Crippen molar-refractivity contribution in [3.8, 4) is 0 Å². The van der Waals surface area contributed by atoms with Crippen molar-refractivity contribution in [1.82, 2.24) is 14.8 Å². The van der Waals surface area contributed by atoms with Crippen molar-refractivity contribution in [2.75, 3.05) is 19.6 Å². The van der Waals surface area contributed by atoms with Gasteiger partial charge in [0.15, 0.2) is 0 Å². The summed E-state index contributed by atoms with van der Waals surface area (Å²) in [6.07, 6.45) is 7.31. The molecule has 0 unspecified atom stereocenters. The summed E-state index contributed by atoms with van der Waals surface area (Å²) < 4.78 is 2.25. The molecule has 2 heterocycles. The molecule has 0 saturated carbocycles. The molecule has 2 rings (SSSR count). The number of nitrogens with zero attached hydrogens (tertiary/aromatic N) is 2. The number of urea groups is 1. The van der Waals surface area contributed by atoms with E-state index in [0.29, 0.717) is 6.04 Å². The zero-order valence-electron chi connectivity index (χ0n) is 10.4. The van der Waals surface area contributed by atoms with Crippen LogP contribution in [0.1, 0.15) is 32.2 Å². The molecule has 1 fully saturated rings. The first-order valence-electron chi connectivity index (χ1n) is 6.46. The molecule has 2 amide bonds. The zero-order valence-corrected chi connectivity index (χ0v) is 10.4. The summed E-state index contributed by atoms with van der Waals surface area (Å²) in [5.74, 6) is 0. The standard InChI is InChI=1S/C13H21N3O/c1-2-7-14-13(17)16-10-5-12(6-11-16)15-8-3-4-9-15/h3-4,8-9,12H,2,5-7,10-11H2,1H3,(H,14,17). The van der Waals surface area contributed by atoms with Gasteiger partial charge >= 0.3 is 6.03 Å². The summed E-state index contributed by atoms with van der Waals surface area (Å²) >= 11 is 0. The summed E-state index contributed by atoms with van der Waals surface area (Å²) in [4.78, 5) is 13.7. The lowest BCUT2D eigenvalue weighted by atomic mass is 10.1. The minimum atomic E-state index is 0.0952. The number of likely N-dealkylation sites (tertiary alicyclic amines) is 1. The number of nitrogens with one attached hydrogen (secondary N) is 1. The largest absolute Gasteiger partial charge is 0.351 e. The Hall–Kier alpha value is -1.45. The highest BCUT2D eigenvalue weighted by Crippen LogP contribution is 2.22. The highest BCUT2D eigenvalue weighted by molar-refractivity contribution is 5.74. The maximum Gasteiger partial charge on any atom is 0.317 e. The minimum Gasteiger partial charge on any atom is -0.351 e. The van der Waals surface area contributed by atoms with Crippen LogP contribution >= 0.6 is 0 Å². The first kappa shape index (κ1) is 12.0. The molecule has 0 bridgehead atoms. The number of hydrogen-bond donors (Lipinski definition) is 1. The van der Waals surface area contributed by atoms with E-state index in [1.807, 2.05) is 4.90 Å². The van der Waals surface area contributed by atoms with E-state index in [4.69, 9.17) is 0 Å². The maximum absolute atomic E-state index is 11.8. The third-order valence-corrected chi connectivity index (χ3v) is 3.33. The third-order valence-electron chi connectivity index (χ3n) is 3.33. The number of piperidine rings is 1. The Morgan fingerprint density at radius 2 is 1.94 bits per heavy atom. The Labute approximate surface area is 103 Å². The van der Waals surface area contributed by atoms with E-state index in [2.05, 4.69) is 41.3 Å². The first-order valence-corrected chi connectivity index (χ1v) is 6.46. The van der Waals surface area contributed by atoms with Crippen molar-refractivity contribution in [1.29, 1.82) is 0 Å². The SMILES string of the molecule is CCCNC(=O)N1CCC(n2cccc2)CC1. The normalized spacial score (nSPS) is 17.1. The van der Waals surface area contributed by atoms with E-state index in [-0.39, 0.29) is 6.03 Å². The number of amides is 2. The number of carbonyl (C=O) groups is 1. The molecule has 1 aromatic heterocycles. The molecule has 4 heteroatoms. The maximum atomic E-state index is 11.8. The minimum absolute atomic E-state index is 0.0952. The highest BCUT2D eigenvalue weighted by atomic mass is 16.2. The van der Waals surface area contributed by atoms with Crippen molar-refractivity contribution in [2.45, 2.75) is 32.2 Å². The van der Waals surface area contributed by atoms with Crippen LogP contribution in [0.5, 0.6) is 0 Å². The van der Waals surface area contributed by atoms with Crippen molar-refractivity contribution in [2.24, 2.45) is 0 Å². The second-order valence-electron chi connectivity index (χ2n) is 4.58. The predicted molar refractivity (Wildman–Crippen MR) is 68.0 cm³/mol. The van der Waals surface area contributed by atoms with E-state index in [9.17, 15) is 4.79 Å². The molecule has 1 N–H and O–H groups in total. The highest BCUT2D eigenvalue weighted by Gasteiger charge is 2.22. The van der Waals surface area contributed by atoms with Crippen LogP contribution in [-0.2, 0) is 0 Å². The Morgan fingerprint density at radius 1 is 1.29 bits per heavy atom. The van der Waals surface area contributed by atoms with E-state index in [1.165, 1.54) is 0 Å². The molecule has 0 atom stereocenters. The van der Waals surface area contributed by atoms with Crippen molar-refractivity contribution < 1.29 is 4.79 Å². The first-order chi connectivity index (χ1) is 8.31. The molecule has 1 saturated heterocycles. The Kier molecular flexibility index (Phi) is 4.07. The van der Waals surface area contributed by atoms with E-state index in [0.717, 1.165) is 38.9 Å². The molecule has 0 aromatic carbocycles. The molecular formula is C13H21N3O. The lowest BCUT2D eigenvalue weighted by molar-refractivity contribution is 0.172. The zero-order chi connectivity index (χ0) is 12.1. The fourth-order valence-electron chi connectivity index (χ4n) is 2.30. The van der Waals surface area contributed by atoms with Gasteiger partial charge < -0.3 is 14.8 Å². The summed E-state index contributed by atoms with van der Waals surface area (Å²) in [6, 6.07) is 4.76. The molecule has 0 spiro atoms. The third kappa shape index (κ3) is 3.02. The van der Waals surface area contributed by atoms with Gasteiger partial charge in [-0.05, 0) is 31.4 Å². The molecular weight excluding hydrogens is 214 g/mol. The average molecular weight is 235 g/mol. The van der Waals surface area contributed by atoms with Gasteiger partial charge in [-0.2, -0.15) is 0 Å². The smallest absolute Gasteiger partial charge is 0.317 e. The quantitative estimate of drug-likeness (QED) is 0.857. The van der Waals surface area contributed by atoms with Gasteiger partial charge in [-0.25, -0.2) is 4.79 Å². The van der Waals surface area contributed by atoms with Crippen molar-refractivity contribution in [3.05, 3.63) is 24.5 Å². The fraction of sp³-hybridized carbons (Fsp3) is 0.615. The van der Waals surface area contributed by atoms with Gasteiger partial charge in [0.2, 0.25) is 0 Å².